The number of carbonyl (C=O) groups is 3. The van der Waals surface area contributed by atoms with Crippen molar-refractivity contribution in [2.75, 3.05) is 13.2 Å². The van der Waals surface area contributed by atoms with Crippen molar-refractivity contribution < 1.29 is 34.1 Å². The number of aliphatic hydroxyl groups excluding tert-OH is 2. The largest absolute Gasteiger partial charge is 0.462 e. The molecule has 1 aliphatic carbocycles. The highest BCUT2D eigenvalue weighted by atomic mass is 16.6. The van der Waals surface area contributed by atoms with Gasteiger partial charge in [-0.2, -0.15) is 0 Å². The molecule has 228 valence electrons. The SMILES string of the molecule is CCCCCCCCCC(=O)OC[C@H](CO)OC(=O)CCC/C=C\C[C@H]1C=CC(=O)[C@@H]1/C=C/[C@@H](O)CCCCC. The number of esters is 2. The Bertz CT molecular complexity index is 786. The molecule has 7 heteroatoms. The molecule has 0 radical (unpaired) electrons. The predicted molar refractivity (Wildman–Crippen MR) is 159 cm³/mol. The van der Waals surface area contributed by atoms with Crippen LogP contribution in [0, 0.1) is 11.8 Å². The number of ketones is 1. The third kappa shape index (κ3) is 17.4. The number of hydrogen-bond donors (Lipinski definition) is 2. The van der Waals surface area contributed by atoms with E-state index in [4.69, 9.17) is 9.47 Å². The minimum Gasteiger partial charge on any atom is -0.462 e. The first-order chi connectivity index (χ1) is 19.4. The van der Waals surface area contributed by atoms with Crippen molar-refractivity contribution in [1.82, 2.24) is 0 Å². The van der Waals surface area contributed by atoms with Gasteiger partial charge in [0.2, 0.25) is 0 Å². The fraction of sp³-hybridized carbons (Fsp3) is 0.727. The Labute approximate surface area is 242 Å². The summed E-state index contributed by atoms with van der Waals surface area (Å²) in [6.07, 6.45) is 24.1. The lowest BCUT2D eigenvalue weighted by molar-refractivity contribution is -0.161. The first-order valence-corrected chi connectivity index (χ1v) is 15.6. The summed E-state index contributed by atoms with van der Waals surface area (Å²) in [7, 11) is 0. The summed E-state index contributed by atoms with van der Waals surface area (Å²) in [5, 5.41) is 19.6. The van der Waals surface area contributed by atoms with E-state index in [1.54, 1.807) is 12.2 Å². The number of allylic oxidation sites excluding steroid dienone is 5. The summed E-state index contributed by atoms with van der Waals surface area (Å²) >= 11 is 0. The second kappa shape index (κ2) is 23.5. The van der Waals surface area contributed by atoms with Gasteiger partial charge in [0.15, 0.2) is 11.9 Å². The van der Waals surface area contributed by atoms with E-state index in [0.29, 0.717) is 25.7 Å². The van der Waals surface area contributed by atoms with E-state index in [1.165, 1.54) is 25.7 Å². The quantitative estimate of drug-likeness (QED) is 0.0779. The van der Waals surface area contributed by atoms with Gasteiger partial charge in [0, 0.05) is 18.8 Å². The molecule has 2 N–H and O–H groups in total. The average Bonchev–Trinajstić information content (AvgIpc) is 3.30. The molecule has 40 heavy (non-hydrogen) atoms. The van der Waals surface area contributed by atoms with Crippen LogP contribution in [-0.2, 0) is 23.9 Å². The van der Waals surface area contributed by atoms with Gasteiger partial charge in [0.25, 0.3) is 0 Å². The van der Waals surface area contributed by atoms with Gasteiger partial charge in [-0.05, 0) is 44.1 Å². The van der Waals surface area contributed by atoms with Crippen LogP contribution in [0.25, 0.3) is 0 Å². The van der Waals surface area contributed by atoms with E-state index in [-0.39, 0.29) is 36.6 Å². The van der Waals surface area contributed by atoms with Crippen molar-refractivity contribution in [2.45, 2.75) is 129 Å². The van der Waals surface area contributed by atoms with Crippen molar-refractivity contribution >= 4 is 17.7 Å². The summed E-state index contributed by atoms with van der Waals surface area (Å²) in [6.45, 7) is 3.79. The van der Waals surface area contributed by atoms with Crippen LogP contribution in [0.2, 0.25) is 0 Å². The lowest BCUT2D eigenvalue weighted by Gasteiger charge is -2.15. The van der Waals surface area contributed by atoms with Crippen molar-refractivity contribution in [2.24, 2.45) is 11.8 Å². The monoisotopic (exact) mass is 562 g/mol. The number of hydrogen-bond acceptors (Lipinski definition) is 7. The number of rotatable bonds is 24. The second-order valence-electron chi connectivity index (χ2n) is 10.8. The molecule has 0 saturated heterocycles. The smallest absolute Gasteiger partial charge is 0.306 e. The third-order valence-electron chi connectivity index (χ3n) is 7.18. The highest BCUT2D eigenvalue weighted by Gasteiger charge is 2.27. The molecule has 1 rings (SSSR count). The Morgan fingerprint density at radius 1 is 0.925 bits per heavy atom. The molecule has 0 bridgehead atoms. The molecule has 0 saturated carbocycles. The van der Waals surface area contributed by atoms with Crippen molar-refractivity contribution in [3.63, 3.8) is 0 Å². The highest BCUT2D eigenvalue weighted by Crippen LogP contribution is 2.27. The Morgan fingerprint density at radius 2 is 1.60 bits per heavy atom. The van der Waals surface area contributed by atoms with Gasteiger partial charge in [-0.1, -0.05) is 102 Å². The van der Waals surface area contributed by atoms with E-state index >= 15 is 0 Å². The fourth-order valence-electron chi connectivity index (χ4n) is 4.66. The minimum atomic E-state index is -0.845. The zero-order valence-corrected chi connectivity index (χ0v) is 24.9. The molecule has 0 aromatic carbocycles. The molecular weight excluding hydrogens is 508 g/mol. The van der Waals surface area contributed by atoms with Crippen LogP contribution in [0.1, 0.15) is 117 Å². The third-order valence-corrected chi connectivity index (χ3v) is 7.18. The number of aliphatic hydroxyl groups is 2. The standard InChI is InChI=1S/C33H54O7/c1-3-5-7-8-9-10-15-19-32(37)39-26-29(25-34)40-33(38)20-16-12-11-14-17-27-21-24-31(36)30(27)23-22-28(35)18-13-6-4-2/h11,14,21-24,27-30,34-35H,3-10,12-13,15-20,25-26H2,1-2H3/b14-11-,23-22+/t27-,28-,29-,30+/m0/s1. The molecule has 1 aliphatic rings. The second-order valence-corrected chi connectivity index (χ2v) is 10.8. The van der Waals surface area contributed by atoms with E-state index in [9.17, 15) is 24.6 Å². The Hall–Kier alpha value is -2.25. The predicted octanol–water partition coefficient (Wildman–Crippen LogP) is 6.56. The van der Waals surface area contributed by atoms with E-state index in [0.717, 1.165) is 44.9 Å². The van der Waals surface area contributed by atoms with Gasteiger partial charge in [0.05, 0.1) is 12.7 Å². The number of ether oxygens (including phenoxy) is 2. The van der Waals surface area contributed by atoms with Crippen LogP contribution in [0.3, 0.4) is 0 Å². The molecule has 0 aromatic rings. The lowest BCUT2D eigenvalue weighted by Crippen LogP contribution is -2.28. The summed E-state index contributed by atoms with van der Waals surface area (Å²) < 4.78 is 10.4. The molecule has 0 spiro atoms. The molecular formula is C33H54O7. The van der Waals surface area contributed by atoms with Crippen LogP contribution in [0.5, 0.6) is 0 Å². The lowest BCUT2D eigenvalue weighted by atomic mass is 9.90. The number of unbranched alkanes of at least 4 members (excludes halogenated alkanes) is 9. The maximum absolute atomic E-state index is 12.2. The Kier molecular flexibility index (Phi) is 21.0. The summed E-state index contributed by atoms with van der Waals surface area (Å²) in [5.41, 5.74) is 0. The average molecular weight is 563 g/mol. The van der Waals surface area contributed by atoms with E-state index < -0.39 is 24.8 Å². The van der Waals surface area contributed by atoms with Crippen molar-refractivity contribution in [3.8, 4) is 0 Å². The van der Waals surface area contributed by atoms with Gasteiger partial charge >= 0.3 is 11.9 Å². The Balaban J connectivity index is 2.21. The molecule has 4 atom stereocenters. The van der Waals surface area contributed by atoms with Crippen LogP contribution >= 0.6 is 0 Å². The first-order valence-electron chi connectivity index (χ1n) is 15.6. The van der Waals surface area contributed by atoms with E-state index in [2.05, 4.69) is 13.8 Å². The first kappa shape index (κ1) is 35.8. The number of carbonyl (C=O) groups excluding carboxylic acids is 3. The van der Waals surface area contributed by atoms with Crippen molar-refractivity contribution in [1.29, 1.82) is 0 Å². The van der Waals surface area contributed by atoms with Gasteiger partial charge in [-0.15, -0.1) is 0 Å². The van der Waals surface area contributed by atoms with Crippen LogP contribution in [-0.4, -0.2) is 53.4 Å². The molecule has 0 heterocycles. The molecule has 7 nitrogen and oxygen atoms in total. The molecule has 0 aromatic heterocycles. The Morgan fingerprint density at radius 3 is 2.33 bits per heavy atom. The van der Waals surface area contributed by atoms with Crippen LogP contribution < -0.4 is 0 Å². The molecule has 0 amide bonds. The van der Waals surface area contributed by atoms with Gasteiger partial charge in [-0.3, -0.25) is 14.4 Å². The molecule has 0 aliphatic heterocycles. The maximum atomic E-state index is 12.2. The minimum absolute atomic E-state index is 0.0695. The zero-order chi connectivity index (χ0) is 29.4. The van der Waals surface area contributed by atoms with Gasteiger partial charge < -0.3 is 19.7 Å². The zero-order valence-electron chi connectivity index (χ0n) is 24.9. The van der Waals surface area contributed by atoms with E-state index in [1.807, 2.05) is 24.3 Å². The summed E-state index contributed by atoms with van der Waals surface area (Å²) in [6, 6.07) is 0. The van der Waals surface area contributed by atoms with Gasteiger partial charge in [-0.25, -0.2) is 0 Å². The maximum Gasteiger partial charge on any atom is 0.306 e. The highest BCUT2D eigenvalue weighted by molar-refractivity contribution is 5.95. The molecule has 0 unspecified atom stereocenters. The van der Waals surface area contributed by atoms with Crippen LogP contribution in [0.15, 0.2) is 36.5 Å². The van der Waals surface area contributed by atoms with Gasteiger partial charge in [0.1, 0.15) is 6.61 Å². The van der Waals surface area contributed by atoms with Crippen LogP contribution in [0.4, 0.5) is 0 Å². The summed E-state index contributed by atoms with van der Waals surface area (Å²) in [5.74, 6) is -0.845. The summed E-state index contributed by atoms with van der Waals surface area (Å²) in [4.78, 5) is 36.3. The molecule has 0 fully saturated rings. The van der Waals surface area contributed by atoms with Crippen molar-refractivity contribution in [3.05, 3.63) is 36.5 Å². The topological polar surface area (TPSA) is 110 Å². The normalized spacial score (nSPS) is 18.6. The fourth-order valence-corrected chi connectivity index (χ4v) is 4.66.